The second kappa shape index (κ2) is 31.5. The zero-order valence-electron chi connectivity index (χ0n) is 29.5. The molecule has 48 heavy (non-hydrogen) atoms. The molecule has 280 valence electrons. The zero-order valence-corrected chi connectivity index (χ0v) is 29.5. The van der Waals surface area contributed by atoms with Crippen molar-refractivity contribution < 1.29 is 24.0 Å². The molecule has 0 aliphatic carbocycles. The largest absolute Gasteiger partial charge is 0.368 e. The number of carbonyl (C=O) groups is 5. The fraction of sp³-hybridized carbons (Fsp3) is 0.853. The van der Waals surface area contributed by atoms with Gasteiger partial charge < -0.3 is 49.9 Å². The summed E-state index contributed by atoms with van der Waals surface area (Å²) in [5, 5.41) is 11.5. The van der Waals surface area contributed by atoms with Crippen LogP contribution in [0.25, 0.3) is 0 Å². The minimum absolute atomic E-state index is 0.115. The molecule has 0 bridgehead atoms. The highest BCUT2D eigenvalue weighted by Crippen LogP contribution is 2.09. The van der Waals surface area contributed by atoms with Crippen LogP contribution in [0, 0.1) is 0 Å². The minimum Gasteiger partial charge on any atom is -0.368 e. The van der Waals surface area contributed by atoms with E-state index in [0.29, 0.717) is 71.2 Å². The van der Waals surface area contributed by atoms with Crippen molar-refractivity contribution in [3.63, 3.8) is 0 Å². The number of nitrogens with one attached hydrogen (secondary N) is 4. The third-order valence-electron chi connectivity index (χ3n) is 8.29. The maximum atomic E-state index is 12.9. The molecule has 5 amide bonds. The number of nitrogens with two attached hydrogens (primary N) is 5. The Labute approximate surface area is 288 Å². The Morgan fingerprint density at radius 2 is 0.854 bits per heavy atom. The Hall–Kier alpha value is -2.81. The maximum absolute atomic E-state index is 12.9. The van der Waals surface area contributed by atoms with Crippen LogP contribution in [0.2, 0.25) is 0 Å². The van der Waals surface area contributed by atoms with E-state index >= 15 is 0 Å². The van der Waals surface area contributed by atoms with Crippen LogP contribution in [0.5, 0.6) is 0 Å². The molecule has 0 heterocycles. The Morgan fingerprint density at radius 3 is 1.33 bits per heavy atom. The smallest absolute Gasteiger partial charge is 0.242 e. The summed E-state index contributed by atoms with van der Waals surface area (Å²) < 4.78 is 0. The van der Waals surface area contributed by atoms with Gasteiger partial charge in [-0.3, -0.25) is 24.0 Å². The van der Waals surface area contributed by atoms with E-state index in [1.807, 2.05) is 0 Å². The van der Waals surface area contributed by atoms with E-state index in [9.17, 15) is 24.0 Å². The van der Waals surface area contributed by atoms with Crippen molar-refractivity contribution in [3.8, 4) is 0 Å². The molecule has 14 heteroatoms. The normalized spacial score (nSPS) is 12.9. The van der Waals surface area contributed by atoms with Crippen LogP contribution in [0.3, 0.4) is 0 Å². The third-order valence-corrected chi connectivity index (χ3v) is 8.29. The number of hydrogen-bond acceptors (Lipinski definition) is 9. The lowest BCUT2D eigenvalue weighted by Crippen LogP contribution is -2.47. The van der Waals surface area contributed by atoms with E-state index in [1.165, 1.54) is 0 Å². The second-order valence-electron chi connectivity index (χ2n) is 12.7. The summed E-state index contributed by atoms with van der Waals surface area (Å²) in [6.45, 7) is 2.80. The molecule has 3 atom stereocenters. The lowest BCUT2D eigenvalue weighted by atomic mass is 10.1. The number of primary amides is 1. The predicted octanol–water partition coefficient (Wildman–Crippen LogP) is 1.07. The molecule has 0 spiro atoms. The fourth-order valence-electron chi connectivity index (χ4n) is 5.27. The zero-order chi connectivity index (χ0) is 35.8. The topological polar surface area (TPSA) is 264 Å². The number of rotatable bonds is 33. The number of unbranched alkanes of at least 4 members (excludes halogenated alkanes) is 11. The van der Waals surface area contributed by atoms with E-state index < -0.39 is 24.0 Å². The summed E-state index contributed by atoms with van der Waals surface area (Å²) in [6, 6.07) is -1.71. The first kappa shape index (κ1) is 45.2. The van der Waals surface area contributed by atoms with Crippen molar-refractivity contribution >= 4 is 29.5 Å². The lowest BCUT2D eigenvalue weighted by molar-refractivity contribution is -0.129. The molecule has 0 saturated carbocycles. The van der Waals surface area contributed by atoms with Crippen LogP contribution >= 0.6 is 0 Å². The molecular weight excluding hydrogens is 614 g/mol. The summed E-state index contributed by atoms with van der Waals surface area (Å²) in [5.41, 5.74) is 27.9. The molecule has 0 aromatic heterocycles. The van der Waals surface area contributed by atoms with Crippen LogP contribution in [-0.2, 0) is 24.0 Å². The molecule has 0 saturated heterocycles. The lowest BCUT2D eigenvalue weighted by Gasteiger charge is -2.18. The monoisotopic (exact) mass is 684 g/mol. The van der Waals surface area contributed by atoms with Gasteiger partial charge in [0.2, 0.25) is 29.5 Å². The molecule has 0 aromatic carbocycles. The van der Waals surface area contributed by atoms with Crippen molar-refractivity contribution in [2.75, 3.05) is 32.7 Å². The van der Waals surface area contributed by atoms with E-state index in [-0.39, 0.29) is 23.6 Å². The molecule has 0 rings (SSSR count). The van der Waals surface area contributed by atoms with Crippen LogP contribution in [0.4, 0.5) is 0 Å². The molecule has 0 aliphatic heterocycles. The maximum Gasteiger partial charge on any atom is 0.242 e. The van der Waals surface area contributed by atoms with Gasteiger partial charge >= 0.3 is 0 Å². The summed E-state index contributed by atoms with van der Waals surface area (Å²) >= 11 is 0. The highest BCUT2D eigenvalue weighted by atomic mass is 16.2. The Balaban J connectivity index is 4.15. The summed E-state index contributed by atoms with van der Waals surface area (Å²) in [4.78, 5) is 61.2. The summed E-state index contributed by atoms with van der Waals surface area (Å²) in [5.74, 6) is -1.11. The second-order valence-corrected chi connectivity index (χ2v) is 12.7. The van der Waals surface area contributed by atoms with Gasteiger partial charge in [0.15, 0.2) is 0 Å². The fourth-order valence-corrected chi connectivity index (χ4v) is 5.27. The van der Waals surface area contributed by atoms with Gasteiger partial charge in [0, 0.05) is 25.9 Å². The van der Waals surface area contributed by atoms with Crippen molar-refractivity contribution in [2.24, 2.45) is 28.7 Å². The first-order valence-electron chi connectivity index (χ1n) is 18.4. The molecule has 0 aromatic rings. The van der Waals surface area contributed by atoms with Gasteiger partial charge in [0.25, 0.3) is 0 Å². The Kier molecular flexibility index (Phi) is 29.6. The van der Waals surface area contributed by atoms with Gasteiger partial charge in [0.1, 0.15) is 12.1 Å². The predicted molar refractivity (Wildman–Crippen MR) is 191 cm³/mol. The molecule has 0 radical (unpaired) electrons. The number of carbonyl (C=O) groups excluding carboxylic acids is 5. The van der Waals surface area contributed by atoms with Crippen LogP contribution in [0.15, 0.2) is 0 Å². The standard InChI is InChI=1S/C34H69N9O5/c35-22-12-9-17-27(38)33(47)40-25-15-5-1-4-8-21-31(45)43-29(19-11-14-24-37)34(48)41-26-16-6-2-3-7-20-30(44)42-28(32(39)46)18-10-13-23-36/h27-29H,1-26,35-38H2,(H2,39,46)(H,40,47)(H,41,48)(H,42,44)(H,43,45). The third kappa shape index (κ3) is 26.2. The average Bonchev–Trinajstić information content (AvgIpc) is 3.06. The Morgan fingerprint density at radius 1 is 0.458 bits per heavy atom. The first-order chi connectivity index (χ1) is 23.2. The number of amides is 5. The van der Waals surface area contributed by atoms with Crippen molar-refractivity contribution in [2.45, 2.75) is 153 Å². The highest BCUT2D eigenvalue weighted by molar-refractivity contribution is 5.87. The van der Waals surface area contributed by atoms with Crippen molar-refractivity contribution in [1.82, 2.24) is 21.3 Å². The van der Waals surface area contributed by atoms with E-state index in [4.69, 9.17) is 28.7 Å². The molecule has 0 fully saturated rings. The van der Waals surface area contributed by atoms with Gasteiger partial charge in [0.05, 0.1) is 6.04 Å². The molecule has 14 N–H and O–H groups in total. The van der Waals surface area contributed by atoms with Crippen LogP contribution < -0.4 is 49.9 Å². The van der Waals surface area contributed by atoms with Gasteiger partial charge in [-0.25, -0.2) is 0 Å². The van der Waals surface area contributed by atoms with Crippen LogP contribution in [-0.4, -0.2) is 80.4 Å². The quantitative estimate of drug-likeness (QED) is 0.0447. The van der Waals surface area contributed by atoms with Gasteiger partial charge in [-0.2, -0.15) is 0 Å². The molecule has 0 aliphatic rings. The van der Waals surface area contributed by atoms with Gasteiger partial charge in [-0.1, -0.05) is 44.9 Å². The minimum atomic E-state index is -0.651. The van der Waals surface area contributed by atoms with E-state index in [0.717, 1.165) is 96.3 Å². The van der Waals surface area contributed by atoms with E-state index in [1.54, 1.807) is 0 Å². The highest BCUT2D eigenvalue weighted by Gasteiger charge is 2.20. The number of hydrogen-bond donors (Lipinski definition) is 9. The van der Waals surface area contributed by atoms with Crippen molar-refractivity contribution in [1.29, 1.82) is 0 Å². The Bertz CT molecular complexity index is 878. The van der Waals surface area contributed by atoms with E-state index in [2.05, 4.69) is 21.3 Å². The molecule has 3 unspecified atom stereocenters. The van der Waals surface area contributed by atoms with Gasteiger partial charge in [-0.05, 0) is 96.7 Å². The first-order valence-corrected chi connectivity index (χ1v) is 18.4. The van der Waals surface area contributed by atoms with Crippen molar-refractivity contribution in [3.05, 3.63) is 0 Å². The molecular formula is C34H69N9O5. The molecule has 14 nitrogen and oxygen atoms in total. The summed E-state index contributed by atoms with van der Waals surface area (Å²) in [7, 11) is 0. The SMILES string of the molecule is NCCCCC(N)C(=O)NCCCCCCCC(=O)NC(CCCCN)C(=O)NCCCCCCCC(=O)NC(CCCCN)C(N)=O. The van der Waals surface area contributed by atoms with Crippen LogP contribution in [0.1, 0.15) is 135 Å². The van der Waals surface area contributed by atoms with Gasteiger partial charge in [-0.15, -0.1) is 0 Å². The average molecular weight is 684 g/mol. The summed E-state index contributed by atoms with van der Waals surface area (Å²) in [6.07, 6.45) is 15.8.